The maximum Gasteiger partial charge on any atom is 0.475 e. The molecule has 0 bridgehead atoms. The standard InChI is InChI=1S/C23H27ClFN2O8P/c1-23(2)33-19-18(32-22(20(19)34-23)27-8-3-4-14(11-27)21(26)28)12-31-36(29)30-9-7-17(35-36)13-5-6-16(25)15(24)10-13/h3-6,10-11,17-20,22H,7-9,12H2,1-2H3,(H2,26,28)/t17?,18?,19-,20-,22-,36?/m1/s1. The number of fused-ring (bicyclic) bond motifs is 1. The van der Waals surface area contributed by atoms with Gasteiger partial charge in [0.1, 0.15) is 24.1 Å². The number of amides is 1. The summed E-state index contributed by atoms with van der Waals surface area (Å²) < 4.78 is 61.9. The molecule has 0 aromatic heterocycles. The van der Waals surface area contributed by atoms with E-state index in [1.54, 1.807) is 37.1 Å². The van der Waals surface area contributed by atoms with Crippen molar-refractivity contribution in [1.29, 1.82) is 0 Å². The lowest BCUT2D eigenvalue weighted by molar-refractivity contribution is -0.204. The molecule has 13 heteroatoms. The van der Waals surface area contributed by atoms with E-state index < -0.39 is 56.0 Å². The molecule has 6 atom stereocenters. The van der Waals surface area contributed by atoms with Crippen molar-refractivity contribution in [3.63, 3.8) is 0 Å². The maximum atomic E-state index is 13.6. The number of phosphoric ester groups is 1. The van der Waals surface area contributed by atoms with Crippen molar-refractivity contribution in [2.45, 2.75) is 56.7 Å². The van der Waals surface area contributed by atoms with Gasteiger partial charge < -0.3 is 24.8 Å². The highest BCUT2D eigenvalue weighted by Crippen LogP contribution is 2.57. The zero-order valence-corrected chi connectivity index (χ0v) is 21.3. The molecule has 3 saturated heterocycles. The zero-order valence-electron chi connectivity index (χ0n) is 19.7. The number of benzene rings is 1. The first-order valence-corrected chi connectivity index (χ1v) is 13.3. The molecular weight excluding hydrogens is 518 g/mol. The average Bonchev–Trinajstić information content (AvgIpc) is 3.32. The van der Waals surface area contributed by atoms with Gasteiger partial charge in [0.15, 0.2) is 12.0 Å². The van der Waals surface area contributed by atoms with Crippen LogP contribution in [-0.4, -0.2) is 60.9 Å². The molecule has 4 aliphatic rings. The highest BCUT2D eigenvalue weighted by atomic mass is 35.5. The van der Waals surface area contributed by atoms with Gasteiger partial charge in [-0.3, -0.25) is 18.4 Å². The minimum Gasteiger partial charge on any atom is -0.366 e. The molecule has 0 spiro atoms. The Morgan fingerprint density at radius 1 is 1.33 bits per heavy atom. The third-order valence-electron chi connectivity index (χ3n) is 6.25. The predicted molar refractivity (Wildman–Crippen MR) is 125 cm³/mol. The van der Waals surface area contributed by atoms with Crippen LogP contribution >= 0.6 is 19.4 Å². The van der Waals surface area contributed by atoms with Gasteiger partial charge in [-0.25, -0.2) is 8.96 Å². The molecule has 36 heavy (non-hydrogen) atoms. The molecular formula is C23H27ClFN2O8P. The number of nitrogens with two attached hydrogens (primary N) is 1. The van der Waals surface area contributed by atoms with E-state index >= 15 is 0 Å². The molecule has 196 valence electrons. The Labute approximate surface area is 212 Å². The third-order valence-corrected chi connectivity index (χ3v) is 8.02. The summed E-state index contributed by atoms with van der Waals surface area (Å²) in [5, 5.41) is -0.0584. The molecule has 3 unspecified atom stereocenters. The number of primary amides is 1. The lowest BCUT2D eigenvalue weighted by Crippen LogP contribution is -2.42. The van der Waals surface area contributed by atoms with Crippen LogP contribution < -0.4 is 5.73 Å². The van der Waals surface area contributed by atoms with Crippen molar-refractivity contribution in [3.8, 4) is 0 Å². The number of rotatable bonds is 6. The van der Waals surface area contributed by atoms with Crippen LogP contribution in [0.3, 0.4) is 0 Å². The number of halogens is 2. The molecule has 0 radical (unpaired) electrons. The molecule has 10 nitrogen and oxygen atoms in total. The van der Waals surface area contributed by atoms with Crippen LogP contribution in [0.4, 0.5) is 4.39 Å². The lowest BCUT2D eigenvalue weighted by Gasteiger charge is -2.33. The first kappa shape index (κ1) is 25.8. The second kappa shape index (κ2) is 9.81. The number of hydrogen-bond acceptors (Lipinski definition) is 9. The summed E-state index contributed by atoms with van der Waals surface area (Å²) in [4.78, 5) is 13.5. The van der Waals surface area contributed by atoms with E-state index in [2.05, 4.69) is 0 Å². The van der Waals surface area contributed by atoms with Crippen molar-refractivity contribution in [1.82, 2.24) is 4.90 Å². The largest absolute Gasteiger partial charge is 0.475 e. The van der Waals surface area contributed by atoms with E-state index in [0.717, 1.165) is 0 Å². The predicted octanol–water partition coefficient (Wildman–Crippen LogP) is 3.57. The van der Waals surface area contributed by atoms with Gasteiger partial charge in [0.05, 0.1) is 29.9 Å². The molecule has 3 fully saturated rings. The summed E-state index contributed by atoms with van der Waals surface area (Å²) in [6.45, 7) is 3.99. The fourth-order valence-electron chi connectivity index (χ4n) is 4.64. The van der Waals surface area contributed by atoms with Crippen LogP contribution in [0, 0.1) is 5.82 Å². The number of hydrogen-bond donors (Lipinski definition) is 1. The number of phosphoric acid groups is 1. The SMILES string of the molecule is CC1(C)O[C@@H]2[C@H](O1)C(COP1(=O)OCCC(c3ccc(F)c(Cl)c3)O1)O[C@H]2N1C=C(C(N)=O)C=CC1. The van der Waals surface area contributed by atoms with Gasteiger partial charge in [-0.1, -0.05) is 29.8 Å². The Bertz CT molecular complexity index is 1150. The van der Waals surface area contributed by atoms with Gasteiger partial charge in [-0.05, 0) is 31.5 Å². The van der Waals surface area contributed by atoms with Crippen molar-refractivity contribution >= 4 is 25.3 Å². The Balaban J connectivity index is 1.28. The van der Waals surface area contributed by atoms with Gasteiger partial charge in [0, 0.05) is 19.2 Å². The Hall–Kier alpha value is -1.82. The van der Waals surface area contributed by atoms with Gasteiger partial charge >= 0.3 is 7.82 Å². The fraction of sp³-hybridized carbons (Fsp3) is 0.522. The molecule has 4 heterocycles. The van der Waals surface area contributed by atoms with Crippen LogP contribution in [-0.2, 0) is 37.1 Å². The van der Waals surface area contributed by atoms with Crippen molar-refractivity contribution in [2.24, 2.45) is 5.73 Å². The van der Waals surface area contributed by atoms with Crippen LogP contribution in [0.5, 0.6) is 0 Å². The Morgan fingerprint density at radius 3 is 2.86 bits per heavy atom. The second-order valence-corrected chi connectivity index (χ2v) is 11.3. The molecule has 1 aromatic carbocycles. The first-order valence-electron chi connectivity index (χ1n) is 11.5. The average molecular weight is 545 g/mol. The van der Waals surface area contributed by atoms with Crippen LogP contribution in [0.15, 0.2) is 42.1 Å². The molecule has 0 aliphatic carbocycles. The second-order valence-electron chi connectivity index (χ2n) is 9.31. The summed E-state index contributed by atoms with van der Waals surface area (Å²) in [6, 6.07) is 4.17. The van der Waals surface area contributed by atoms with Crippen molar-refractivity contribution in [3.05, 3.63) is 58.5 Å². The highest BCUT2D eigenvalue weighted by Gasteiger charge is 2.57. The Morgan fingerprint density at radius 2 is 2.11 bits per heavy atom. The minimum absolute atomic E-state index is 0.0584. The molecule has 1 amide bonds. The third kappa shape index (κ3) is 5.25. The van der Waals surface area contributed by atoms with Crippen molar-refractivity contribution < 1.29 is 41.5 Å². The zero-order chi connectivity index (χ0) is 25.7. The quantitative estimate of drug-likeness (QED) is 0.536. The topological polar surface area (TPSA) is 119 Å². The number of ether oxygens (including phenoxy) is 3. The normalized spacial score (nSPS) is 35.5. The smallest absolute Gasteiger partial charge is 0.366 e. The molecule has 2 N–H and O–H groups in total. The monoisotopic (exact) mass is 544 g/mol. The van der Waals surface area contributed by atoms with E-state index in [9.17, 15) is 13.8 Å². The number of carbonyl (C=O) groups excluding carboxylic acids is 1. The summed E-state index contributed by atoms with van der Waals surface area (Å²) in [7, 11) is -3.97. The van der Waals surface area contributed by atoms with Gasteiger partial charge in [0.2, 0.25) is 5.91 Å². The first-order chi connectivity index (χ1) is 17.0. The molecule has 4 aliphatic heterocycles. The van der Waals surface area contributed by atoms with Gasteiger partial charge in [0.25, 0.3) is 0 Å². The van der Waals surface area contributed by atoms with E-state index in [1.165, 1.54) is 18.2 Å². The minimum atomic E-state index is -3.97. The van der Waals surface area contributed by atoms with Gasteiger partial charge in [-0.15, -0.1) is 0 Å². The molecule has 5 rings (SSSR count). The van der Waals surface area contributed by atoms with Crippen LogP contribution in [0.2, 0.25) is 5.02 Å². The van der Waals surface area contributed by atoms with Crippen molar-refractivity contribution in [2.75, 3.05) is 19.8 Å². The van der Waals surface area contributed by atoms with E-state index in [1.807, 2.05) is 0 Å². The summed E-state index contributed by atoms with van der Waals surface area (Å²) in [5.41, 5.74) is 6.33. The van der Waals surface area contributed by atoms with E-state index in [4.69, 9.17) is 45.1 Å². The number of carbonyl (C=O) groups is 1. The summed E-state index contributed by atoms with van der Waals surface area (Å²) in [6.07, 6.45) is 2.50. The van der Waals surface area contributed by atoms with E-state index in [-0.39, 0.29) is 18.2 Å². The lowest BCUT2D eigenvalue weighted by atomic mass is 10.1. The highest BCUT2D eigenvalue weighted by molar-refractivity contribution is 7.48. The fourth-order valence-corrected chi connectivity index (χ4v) is 6.22. The summed E-state index contributed by atoms with van der Waals surface area (Å²) in [5.74, 6) is -2.00. The summed E-state index contributed by atoms with van der Waals surface area (Å²) >= 11 is 5.89. The Kier molecular flexibility index (Phi) is 7.03. The van der Waals surface area contributed by atoms with Gasteiger partial charge in [-0.2, -0.15) is 0 Å². The van der Waals surface area contributed by atoms with Crippen LogP contribution in [0.1, 0.15) is 31.9 Å². The van der Waals surface area contributed by atoms with Crippen LogP contribution in [0.25, 0.3) is 0 Å². The van der Waals surface area contributed by atoms with E-state index in [0.29, 0.717) is 24.1 Å². The maximum absolute atomic E-state index is 13.6. The number of nitrogens with zero attached hydrogens (tertiary/aromatic N) is 1. The molecule has 0 saturated carbocycles. The molecule has 1 aromatic rings.